The zero-order valence-electron chi connectivity index (χ0n) is 9.08. The van der Waals surface area contributed by atoms with Crippen LogP contribution in [0.1, 0.15) is 13.3 Å². The standard InChI is InChI=1S/C10H19N3OS/c1-7-2-3-11-4-8(7)13-10(14)9-5-15-6-12-9/h7-9,11-12H,2-6H2,1H3,(H,13,14). The second kappa shape index (κ2) is 5.18. The predicted molar refractivity (Wildman–Crippen MR) is 62.8 cm³/mol. The summed E-state index contributed by atoms with van der Waals surface area (Å²) in [5.41, 5.74) is 0. The second-order valence-corrected chi connectivity index (χ2v) is 5.39. The van der Waals surface area contributed by atoms with E-state index in [2.05, 4.69) is 22.9 Å². The minimum Gasteiger partial charge on any atom is -0.350 e. The van der Waals surface area contributed by atoms with Crippen LogP contribution in [-0.4, -0.2) is 42.7 Å². The Morgan fingerprint density at radius 3 is 3.07 bits per heavy atom. The highest BCUT2D eigenvalue weighted by Gasteiger charge is 2.27. The van der Waals surface area contributed by atoms with Gasteiger partial charge in [-0.25, -0.2) is 0 Å². The molecule has 2 fully saturated rings. The molecule has 2 heterocycles. The van der Waals surface area contributed by atoms with Gasteiger partial charge in [0.25, 0.3) is 0 Å². The molecule has 1 amide bonds. The van der Waals surface area contributed by atoms with E-state index in [9.17, 15) is 4.79 Å². The SMILES string of the molecule is CC1CCNCC1NC(=O)C1CSCN1. The summed E-state index contributed by atoms with van der Waals surface area (Å²) in [7, 11) is 0. The lowest BCUT2D eigenvalue weighted by molar-refractivity contribution is -0.123. The topological polar surface area (TPSA) is 53.2 Å². The molecule has 0 aromatic rings. The Bertz CT molecular complexity index is 231. The number of carbonyl (C=O) groups is 1. The largest absolute Gasteiger partial charge is 0.350 e. The van der Waals surface area contributed by atoms with Crippen molar-refractivity contribution >= 4 is 17.7 Å². The van der Waals surface area contributed by atoms with Crippen LogP contribution >= 0.6 is 11.8 Å². The van der Waals surface area contributed by atoms with Gasteiger partial charge in [-0.05, 0) is 18.9 Å². The molecule has 0 saturated carbocycles. The lowest BCUT2D eigenvalue weighted by Gasteiger charge is -2.31. The van der Waals surface area contributed by atoms with Crippen molar-refractivity contribution in [2.24, 2.45) is 5.92 Å². The minimum atomic E-state index is 0.0177. The molecular formula is C10H19N3OS. The highest BCUT2D eigenvalue weighted by atomic mass is 32.2. The molecule has 4 nitrogen and oxygen atoms in total. The van der Waals surface area contributed by atoms with Crippen LogP contribution in [0.3, 0.4) is 0 Å². The maximum atomic E-state index is 11.8. The number of hydrogen-bond donors (Lipinski definition) is 3. The van der Waals surface area contributed by atoms with E-state index in [0.29, 0.717) is 12.0 Å². The number of piperidine rings is 1. The first-order chi connectivity index (χ1) is 7.27. The van der Waals surface area contributed by atoms with Gasteiger partial charge in [0.15, 0.2) is 0 Å². The zero-order valence-corrected chi connectivity index (χ0v) is 9.90. The Kier molecular flexibility index (Phi) is 3.88. The molecule has 3 N–H and O–H groups in total. The number of rotatable bonds is 2. The Labute approximate surface area is 94.9 Å². The van der Waals surface area contributed by atoms with Crippen molar-refractivity contribution in [1.29, 1.82) is 0 Å². The lowest BCUT2D eigenvalue weighted by Crippen LogP contribution is -2.54. The van der Waals surface area contributed by atoms with Gasteiger partial charge in [0, 0.05) is 24.2 Å². The van der Waals surface area contributed by atoms with Gasteiger partial charge in [0.2, 0.25) is 5.91 Å². The monoisotopic (exact) mass is 229 g/mol. The quantitative estimate of drug-likeness (QED) is 0.612. The fourth-order valence-corrected chi connectivity index (χ4v) is 2.97. The molecule has 5 heteroatoms. The molecule has 2 aliphatic rings. The molecule has 3 atom stereocenters. The number of carbonyl (C=O) groups excluding carboxylic acids is 1. The molecule has 2 rings (SSSR count). The van der Waals surface area contributed by atoms with Crippen molar-refractivity contribution in [1.82, 2.24) is 16.0 Å². The zero-order chi connectivity index (χ0) is 10.7. The molecule has 0 spiro atoms. The van der Waals surface area contributed by atoms with Gasteiger partial charge in [-0.1, -0.05) is 6.92 Å². The van der Waals surface area contributed by atoms with Gasteiger partial charge in [0.1, 0.15) is 0 Å². The molecular weight excluding hydrogens is 210 g/mol. The first kappa shape index (κ1) is 11.2. The molecule has 0 bridgehead atoms. The maximum absolute atomic E-state index is 11.8. The summed E-state index contributed by atoms with van der Waals surface area (Å²) in [4.78, 5) is 11.8. The van der Waals surface area contributed by atoms with E-state index < -0.39 is 0 Å². The minimum absolute atomic E-state index is 0.0177. The third-order valence-corrected chi connectivity index (χ3v) is 4.13. The van der Waals surface area contributed by atoms with Crippen LogP contribution in [0.5, 0.6) is 0 Å². The number of amides is 1. The van der Waals surface area contributed by atoms with Gasteiger partial charge in [0.05, 0.1) is 6.04 Å². The van der Waals surface area contributed by atoms with Crippen molar-refractivity contribution in [3.8, 4) is 0 Å². The van der Waals surface area contributed by atoms with Crippen LogP contribution in [0.15, 0.2) is 0 Å². The van der Waals surface area contributed by atoms with Crippen LogP contribution in [0.2, 0.25) is 0 Å². The van der Waals surface area contributed by atoms with E-state index in [0.717, 1.165) is 31.1 Å². The average Bonchev–Trinajstić information content (AvgIpc) is 2.74. The Balaban J connectivity index is 1.81. The van der Waals surface area contributed by atoms with Gasteiger partial charge in [-0.2, -0.15) is 0 Å². The first-order valence-corrected chi connectivity index (χ1v) is 6.75. The normalized spacial score (nSPS) is 36.5. The fourth-order valence-electron chi connectivity index (χ4n) is 2.03. The summed E-state index contributed by atoms with van der Waals surface area (Å²) in [6.45, 7) is 4.19. The van der Waals surface area contributed by atoms with Gasteiger partial charge >= 0.3 is 0 Å². The second-order valence-electron chi connectivity index (χ2n) is 4.36. The highest BCUT2D eigenvalue weighted by molar-refractivity contribution is 7.99. The predicted octanol–water partition coefficient (Wildman–Crippen LogP) is -0.237. The first-order valence-electron chi connectivity index (χ1n) is 5.59. The smallest absolute Gasteiger partial charge is 0.238 e. The number of nitrogens with one attached hydrogen (secondary N) is 3. The van der Waals surface area contributed by atoms with Gasteiger partial charge < -0.3 is 10.6 Å². The van der Waals surface area contributed by atoms with Crippen molar-refractivity contribution in [3.63, 3.8) is 0 Å². The molecule has 2 aliphatic heterocycles. The molecule has 0 radical (unpaired) electrons. The van der Waals surface area contributed by atoms with Crippen molar-refractivity contribution < 1.29 is 4.79 Å². The van der Waals surface area contributed by atoms with Crippen molar-refractivity contribution in [3.05, 3.63) is 0 Å². The van der Waals surface area contributed by atoms with E-state index >= 15 is 0 Å². The summed E-state index contributed by atoms with van der Waals surface area (Å²) in [6.07, 6.45) is 1.15. The van der Waals surface area contributed by atoms with E-state index in [1.165, 1.54) is 0 Å². The maximum Gasteiger partial charge on any atom is 0.238 e. The van der Waals surface area contributed by atoms with Crippen molar-refractivity contribution in [2.75, 3.05) is 24.7 Å². The highest BCUT2D eigenvalue weighted by Crippen LogP contribution is 2.13. The molecule has 86 valence electrons. The van der Waals surface area contributed by atoms with Crippen LogP contribution in [0.4, 0.5) is 0 Å². The Hall–Kier alpha value is -0.260. The van der Waals surface area contributed by atoms with Crippen LogP contribution in [-0.2, 0) is 4.79 Å². The molecule has 0 aromatic heterocycles. The Morgan fingerprint density at radius 2 is 2.40 bits per heavy atom. The third kappa shape index (κ3) is 2.86. The van der Waals surface area contributed by atoms with E-state index in [1.807, 2.05) is 0 Å². The fraction of sp³-hybridized carbons (Fsp3) is 0.900. The number of hydrogen-bond acceptors (Lipinski definition) is 4. The van der Waals surface area contributed by atoms with Crippen molar-refractivity contribution in [2.45, 2.75) is 25.4 Å². The van der Waals surface area contributed by atoms with Gasteiger partial charge in [-0.3, -0.25) is 10.1 Å². The third-order valence-electron chi connectivity index (χ3n) is 3.19. The molecule has 0 aromatic carbocycles. The molecule has 0 aliphatic carbocycles. The van der Waals surface area contributed by atoms with E-state index in [4.69, 9.17) is 0 Å². The summed E-state index contributed by atoms with van der Waals surface area (Å²) >= 11 is 1.79. The van der Waals surface area contributed by atoms with Crippen LogP contribution in [0.25, 0.3) is 0 Å². The van der Waals surface area contributed by atoms with Crippen LogP contribution in [0, 0.1) is 5.92 Å². The molecule has 15 heavy (non-hydrogen) atoms. The summed E-state index contributed by atoms with van der Waals surface area (Å²) < 4.78 is 0. The number of thioether (sulfide) groups is 1. The van der Waals surface area contributed by atoms with Crippen LogP contribution < -0.4 is 16.0 Å². The van der Waals surface area contributed by atoms with Gasteiger partial charge in [-0.15, -0.1) is 11.8 Å². The summed E-state index contributed by atoms with van der Waals surface area (Å²) in [6, 6.07) is 0.322. The molecule has 3 unspecified atom stereocenters. The summed E-state index contributed by atoms with van der Waals surface area (Å²) in [5, 5.41) is 9.65. The Morgan fingerprint density at radius 1 is 1.53 bits per heavy atom. The lowest BCUT2D eigenvalue weighted by atomic mass is 9.94. The molecule has 2 saturated heterocycles. The average molecular weight is 229 g/mol. The summed E-state index contributed by atoms with van der Waals surface area (Å²) in [5.74, 6) is 2.56. The van der Waals surface area contributed by atoms with E-state index in [1.54, 1.807) is 11.8 Å². The van der Waals surface area contributed by atoms with E-state index in [-0.39, 0.29) is 11.9 Å².